The third-order valence-corrected chi connectivity index (χ3v) is 14.4. The summed E-state index contributed by atoms with van der Waals surface area (Å²) >= 11 is 0. The van der Waals surface area contributed by atoms with Gasteiger partial charge in [-0.1, -0.05) is 81.3 Å². The second-order valence-electron chi connectivity index (χ2n) is 13.9. The van der Waals surface area contributed by atoms with Gasteiger partial charge in [0.15, 0.2) is 5.76 Å². The minimum Gasteiger partial charge on any atom is -0.508 e. The van der Waals surface area contributed by atoms with E-state index in [1.54, 1.807) is 43.2 Å². The van der Waals surface area contributed by atoms with Gasteiger partial charge in [-0.15, -0.1) is 0 Å². The Balaban J connectivity index is 1.48. The number of fused-ring (bicyclic) bond motifs is 4. The van der Waals surface area contributed by atoms with Crippen LogP contribution < -0.4 is 15.5 Å². The van der Waals surface area contributed by atoms with Gasteiger partial charge in [0.05, 0.1) is 12.2 Å². The SMILES string of the molecule is CNC1CSSCc2c(-c3oc4cc(O)cc(OC5CCC(O)CSSCCCC5O)c4c(=O)c3O)cc(CC(C)C)c(O)c2Cc2cccc1c2. The standard InChI is InChI=1S/C39H47NO8S4/c1-21(2)12-24-15-28(29-19-51-52-20-30(40-3)23-7-4-6-22(13-23)14-27(29)36(24)44)39-38(46)37(45)35-33(16-26(42)17-34(35)48-39)47-32-10-9-25(41)18-50-49-11-5-8-31(32)43/h4,6-7,13,15-17,21,25,30-32,40-44,46H,5,8-12,14,18-20H2,1-3H3. The maximum atomic E-state index is 14.2. The van der Waals surface area contributed by atoms with Crippen LogP contribution in [0.5, 0.6) is 23.0 Å². The van der Waals surface area contributed by atoms with Crippen LogP contribution in [0.2, 0.25) is 0 Å². The number of nitrogens with one attached hydrogen (secondary N) is 1. The Morgan fingerprint density at radius 3 is 2.54 bits per heavy atom. The molecule has 2 bridgehead atoms. The number of aliphatic hydroxyl groups excluding tert-OH is 2. The fraction of sp³-hybridized carbons (Fsp3) is 0.462. The second kappa shape index (κ2) is 17.7. The van der Waals surface area contributed by atoms with Crippen LogP contribution in [0.3, 0.4) is 0 Å². The maximum Gasteiger partial charge on any atom is 0.238 e. The van der Waals surface area contributed by atoms with Gasteiger partial charge in [-0.3, -0.25) is 4.79 Å². The van der Waals surface area contributed by atoms with Crippen molar-refractivity contribution in [1.29, 1.82) is 0 Å². The zero-order chi connectivity index (χ0) is 36.9. The van der Waals surface area contributed by atoms with Crippen LogP contribution in [0.15, 0.2) is 51.7 Å². The van der Waals surface area contributed by atoms with Gasteiger partial charge in [-0.05, 0) is 73.4 Å². The minimum atomic E-state index is -0.874. The molecule has 4 unspecified atom stereocenters. The van der Waals surface area contributed by atoms with Crippen molar-refractivity contribution in [3.8, 4) is 34.3 Å². The molecule has 0 aliphatic carbocycles. The number of phenols is 2. The summed E-state index contributed by atoms with van der Waals surface area (Å²) in [5, 5.41) is 59.4. The van der Waals surface area contributed by atoms with Crippen LogP contribution >= 0.6 is 43.2 Å². The Morgan fingerprint density at radius 1 is 0.942 bits per heavy atom. The average molecular weight is 786 g/mol. The molecule has 6 rings (SSSR count). The number of ether oxygens (including phenoxy) is 1. The molecule has 3 aromatic carbocycles. The molecule has 6 N–H and O–H groups in total. The molecule has 1 fully saturated rings. The van der Waals surface area contributed by atoms with Gasteiger partial charge in [0, 0.05) is 58.7 Å². The molecular weight excluding hydrogens is 739 g/mol. The minimum absolute atomic E-state index is 0.0146. The Kier molecular flexibility index (Phi) is 13.3. The largest absolute Gasteiger partial charge is 0.508 e. The Labute approximate surface area is 320 Å². The van der Waals surface area contributed by atoms with Gasteiger partial charge >= 0.3 is 0 Å². The molecule has 13 heteroatoms. The number of aromatic hydroxyl groups is 3. The summed E-state index contributed by atoms with van der Waals surface area (Å²) in [5.74, 6) is 2.17. The lowest BCUT2D eigenvalue weighted by atomic mass is 9.88. The van der Waals surface area contributed by atoms with E-state index in [4.69, 9.17) is 9.15 Å². The fourth-order valence-electron chi connectivity index (χ4n) is 6.86. The van der Waals surface area contributed by atoms with Gasteiger partial charge in [0.2, 0.25) is 11.2 Å². The Morgan fingerprint density at radius 2 is 1.75 bits per heavy atom. The number of phenolic OH excluding ortho intramolecular Hbond substituents is 2. The van der Waals surface area contributed by atoms with Crippen LogP contribution in [0, 0.1) is 5.92 Å². The summed E-state index contributed by atoms with van der Waals surface area (Å²) in [6.45, 7) is 4.13. The summed E-state index contributed by atoms with van der Waals surface area (Å²) in [6, 6.07) is 12.9. The highest BCUT2D eigenvalue weighted by atomic mass is 33.1. The highest BCUT2D eigenvalue weighted by Gasteiger charge is 2.29. The molecule has 0 amide bonds. The normalized spacial score (nSPS) is 22.0. The Hall–Kier alpha value is -2.65. The van der Waals surface area contributed by atoms with Crippen molar-refractivity contribution in [2.75, 3.05) is 24.3 Å². The van der Waals surface area contributed by atoms with E-state index in [0.29, 0.717) is 60.3 Å². The molecule has 2 aliphatic heterocycles. The molecule has 0 saturated carbocycles. The van der Waals surface area contributed by atoms with E-state index in [1.807, 2.05) is 25.2 Å². The number of benzene rings is 3. The molecule has 280 valence electrons. The third-order valence-electron chi connectivity index (χ3n) is 9.56. The average Bonchev–Trinajstić information content (AvgIpc) is 3.15. The lowest BCUT2D eigenvalue weighted by molar-refractivity contribution is 0.0190. The smallest absolute Gasteiger partial charge is 0.238 e. The number of rotatable bonds is 6. The van der Waals surface area contributed by atoms with Gasteiger partial charge in [0.25, 0.3) is 0 Å². The van der Waals surface area contributed by atoms with E-state index in [-0.39, 0.29) is 45.9 Å². The van der Waals surface area contributed by atoms with Crippen LogP contribution in [0.25, 0.3) is 22.3 Å². The van der Waals surface area contributed by atoms with Crippen molar-refractivity contribution in [2.24, 2.45) is 5.92 Å². The molecule has 4 atom stereocenters. The monoisotopic (exact) mass is 785 g/mol. The number of aliphatic hydroxyl groups is 2. The first kappa shape index (κ1) is 39.1. The second-order valence-corrected chi connectivity index (χ2v) is 19.1. The predicted octanol–water partition coefficient (Wildman–Crippen LogP) is 7.95. The molecule has 0 radical (unpaired) electrons. The molecular formula is C39H47NO8S4. The number of hydrogen-bond donors (Lipinski definition) is 6. The van der Waals surface area contributed by atoms with Crippen molar-refractivity contribution in [1.82, 2.24) is 5.32 Å². The van der Waals surface area contributed by atoms with Crippen LogP contribution in [0.1, 0.15) is 73.4 Å². The zero-order valence-corrected chi connectivity index (χ0v) is 32.9. The van der Waals surface area contributed by atoms with E-state index >= 15 is 0 Å². The van der Waals surface area contributed by atoms with Crippen molar-refractivity contribution in [3.63, 3.8) is 0 Å². The zero-order valence-electron chi connectivity index (χ0n) is 29.6. The fourth-order valence-corrected chi connectivity index (χ4v) is 11.6. The van der Waals surface area contributed by atoms with E-state index in [2.05, 4.69) is 31.3 Å². The highest BCUT2D eigenvalue weighted by Crippen LogP contribution is 2.45. The molecule has 9 nitrogen and oxygen atoms in total. The van der Waals surface area contributed by atoms with E-state index in [1.165, 1.54) is 12.1 Å². The maximum absolute atomic E-state index is 14.2. The third kappa shape index (κ3) is 8.99. The topological polar surface area (TPSA) is 153 Å². The van der Waals surface area contributed by atoms with Gasteiger partial charge in [-0.25, -0.2) is 0 Å². The van der Waals surface area contributed by atoms with Crippen molar-refractivity contribution in [3.05, 3.63) is 80.5 Å². The first-order chi connectivity index (χ1) is 25.0. The highest BCUT2D eigenvalue weighted by molar-refractivity contribution is 8.76. The van der Waals surface area contributed by atoms with Gasteiger partial charge in [-0.2, -0.15) is 0 Å². The summed E-state index contributed by atoms with van der Waals surface area (Å²) in [4.78, 5) is 14.2. The molecule has 52 heavy (non-hydrogen) atoms. The van der Waals surface area contributed by atoms with E-state index in [9.17, 15) is 30.3 Å². The molecule has 1 saturated heterocycles. The lowest BCUT2D eigenvalue weighted by Crippen LogP contribution is -2.33. The van der Waals surface area contributed by atoms with Crippen molar-refractivity contribution < 1.29 is 34.7 Å². The van der Waals surface area contributed by atoms with Crippen molar-refractivity contribution >= 4 is 54.1 Å². The Bertz CT molecular complexity index is 1940. The summed E-state index contributed by atoms with van der Waals surface area (Å²) in [7, 11) is 8.55. The first-order valence-corrected chi connectivity index (χ1v) is 22.7. The van der Waals surface area contributed by atoms with E-state index in [0.717, 1.165) is 34.6 Å². The number of hydrogen-bond acceptors (Lipinski definition) is 13. The van der Waals surface area contributed by atoms with E-state index < -0.39 is 29.5 Å². The lowest BCUT2D eigenvalue weighted by Gasteiger charge is -2.25. The first-order valence-electron chi connectivity index (χ1n) is 17.7. The van der Waals surface area contributed by atoms with Crippen LogP contribution in [-0.4, -0.2) is 68.2 Å². The summed E-state index contributed by atoms with van der Waals surface area (Å²) in [6.07, 6.45) is 0.693. The molecule has 3 heterocycles. The van der Waals surface area contributed by atoms with Crippen LogP contribution in [-0.2, 0) is 18.6 Å². The molecule has 1 aromatic heterocycles. The molecule has 4 aromatic rings. The van der Waals surface area contributed by atoms with Gasteiger partial charge in [0.1, 0.15) is 34.3 Å². The summed E-state index contributed by atoms with van der Waals surface area (Å²) < 4.78 is 12.7. The van der Waals surface area contributed by atoms with Crippen molar-refractivity contribution in [2.45, 2.75) is 82.5 Å². The van der Waals surface area contributed by atoms with Gasteiger partial charge < -0.3 is 40.0 Å². The molecule has 2 aliphatic rings. The van der Waals surface area contributed by atoms with Crippen LogP contribution in [0.4, 0.5) is 0 Å². The quantitative estimate of drug-likeness (QED) is 0.105. The summed E-state index contributed by atoms with van der Waals surface area (Å²) in [5.41, 5.74) is 4.11. The predicted molar refractivity (Wildman–Crippen MR) is 216 cm³/mol. The molecule has 0 spiro atoms.